The van der Waals surface area contributed by atoms with Crippen molar-refractivity contribution >= 4 is 5.84 Å². The molecule has 0 atom stereocenters. The molecule has 1 saturated heterocycles. The van der Waals surface area contributed by atoms with Gasteiger partial charge in [-0.1, -0.05) is 20.3 Å². The summed E-state index contributed by atoms with van der Waals surface area (Å²) in [7, 11) is 0. The molecule has 0 aromatic rings. The average Bonchev–Trinajstić information content (AvgIpc) is 2.64. The van der Waals surface area contributed by atoms with E-state index in [1.54, 1.807) is 0 Å². The highest BCUT2D eigenvalue weighted by atomic mass is 15.1. The van der Waals surface area contributed by atoms with Crippen molar-refractivity contribution in [1.29, 1.82) is 5.41 Å². The van der Waals surface area contributed by atoms with Gasteiger partial charge in [0.15, 0.2) is 0 Å². The third kappa shape index (κ3) is 4.20. The molecule has 0 spiro atoms. The van der Waals surface area contributed by atoms with Gasteiger partial charge in [0.1, 0.15) is 0 Å². The maximum absolute atomic E-state index is 7.47. The summed E-state index contributed by atoms with van der Waals surface area (Å²) in [5.41, 5.74) is 5.44. The normalized spacial score (nSPS) is 18.3. The van der Waals surface area contributed by atoms with Crippen LogP contribution < -0.4 is 5.73 Å². The minimum atomic E-state index is -0.106. The van der Waals surface area contributed by atoms with Crippen molar-refractivity contribution in [2.45, 2.75) is 46.0 Å². The number of hydrogen-bond acceptors (Lipinski definition) is 2. The number of amidine groups is 1. The Balaban J connectivity index is 2.08. The molecule has 0 saturated carbocycles. The first kappa shape index (κ1) is 12.5. The highest BCUT2D eigenvalue weighted by molar-refractivity contribution is 5.82. The van der Waals surface area contributed by atoms with Crippen molar-refractivity contribution < 1.29 is 0 Å². The lowest BCUT2D eigenvalue weighted by molar-refractivity contribution is 0.318. The second kappa shape index (κ2) is 5.50. The van der Waals surface area contributed by atoms with Crippen molar-refractivity contribution in [1.82, 2.24) is 4.90 Å². The first-order valence-electron chi connectivity index (χ1n) is 6.09. The highest BCUT2D eigenvalue weighted by Crippen LogP contribution is 2.22. The molecule has 3 N–H and O–H groups in total. The second-order valence-corrected chi connectivity index (χ2v) is 5.30. The standard InChI is InChI=1S/C12H25N3/c1-12(2,11(13)14)7-3-4-8-15-9-5-6-10-15/h3-10H2,1-2H3,(H3,13,14). The number of likely N-dealkylation sites (tertiary alicyclic amines) is 1. The Morgan fingerprint density at radius 1 is 1.27 bits per heavy atom. The minimum absolute atomic E-state index is 0.106. The van der Waals surface area contributed by atoms with Crippen LogP contribution >= 0.6 is 0 Å². The van der Waals surface area contributed by atoms with Crippen molar-refractivity contribution in [3.05, 3.63) is 0 Å². The molecule has 0 aromatic carbocycles. The summed E-state index contributed by atoms with van der Waals surface area (Å²) >= 11 is 0. The van der Waals surface area contributed by atoms with Crippen molar-refractivity contribution in [2.24, 2.45) is 11.1 Å². The van der Waals surface area contributed by atoms with Gasteiger partial charge in [-0.2, -0.15) is 0 Å². The van der Waals surface area contributed by atoms with Gasteiger partial charge in [0, 0.05) is 5.41 Å². The second-order valence-electron chi connectivity index (χ2n) is 5.30. The highest BCUT2D eigenvalue weighted by Gasteiger charge is 2.20. The predicted octanol–water partition coefficient (Wildman–Crippen LogP) is 2.21. The molecule has 0 radical (unpaired) electrons. The summed E-state index contributed by atoms with van der Waals surface area (Å²) < 4.78 is 0. The summed E-state index contributed by atoms with van der Waals surface area (Å²) in [4.78, 5) is 2.54. The van der Waals surface area contributed by atoms with Gasteiger partial charge in [0.25, 0.3) is 0 Å². The molecule has 0 amide bonds. The summed E-state index contributed by atoms with van der Waals surface area (Å²) in [5, 5.41) is 7.47. The number of rotatable bonds is 6. The van der Waals surface area contributed by atoms with Crippen molar-refractivity contribution in [3.8, 4) is 0 Å². The van der Waals surface area contributed by atoms with E-state index in [9.17, 15) is 0 Å². The van der Waals surface area contributed by atoms with E-state index in [0.29, 0.717) is 5.84 Å². The lowest BCUT2D eigenvalue weighted by Gasteiger charge is -2.23. The third-order valence-corrected chi connectivity index (χ3v) is 3.45. The Labute approximate surface area is 93.5 Å². The number of nitrogens with two attached hydrogens (primary N) is 1. The van der Waals surface area contributed by atoms with Gasteiger partial charge in [-0.15, -0.1) is 0 Å². The van der Waals surface area contributed by atoms with Crippen LogP contribution in [0, 0.1) is 10.8 Å². The third-order valence-electron chi connectivity index (χ3n) is 3.45. The first-order valence-corrected chi connectivity index (χ1v) is 6.09. The van der Waals surface area contributed by atoms with Crippen LogP contribution in [0.4, 0.5) is 0 Å². The summed E-state index contributed by atoms with van der Waals surface area (Å²) in [6.45, 7) is 7.93. The molecule has 3 heteroatoms. The zero-order chi connectivity index (χ0) is 11.3. The van der Waals surface area contributed by atoms with Crippen LogP contribution in [0.25, 0.3) is 0 Å². The lowest BCUT2D eigenvalue weighted by atomic mass is 9.86. The topological polar surface area (TPSA) is 53.1 Å². The molecule has 0 unspecified atom stereocenters. The van der Waals surface area contributed by atoms with Crippen LogP contribution in [0.3, 0.4) is 0 Å². The molecule has 0 bridgehead atoms. The zero-order valence-corrected chi connectivity index (χ0v) is 10.2. The maximum atomic E-state index is 7.47. The summed E-state index contributed by atoms with van der Waals surface area (Å²) in [5.74, 6) is 0.323. The molecule has 0 aliphatic carbocycles. The average molecular weight is 211 g/mol. The molecule has 1 rings (SSSR count). The fourth-order valence-corrected chi connectivity index (χ4v) is 2.04. The Morgan fingerprint density at radius 2 is 1.87 bits per heavy atom. The molecule has 1 aliphatic heterocycles. The Bertz CT molecular complexity index is 205. The summed E-state index contributed by atoms with van der Waals surface area (Å²) in [6, 6.07) is 0. The van der Waals surface area contributed by atoms with Crippen LogP contribution in [-0.2, 0) is 0 Å². The van der Waals surface area contributed by atoms with E-state index in [1.165, 1.54) is 45.3 Å². The van der Waals surface area contributed by atoms with E-state index in [-0.39, 0.29) is 5.41 Å². The molecular formula is C12H25N3. The van der Waals surface area contributed by atoms with Gasteiger partial charge >= 0.3 is 0 Å². The maximum Gasteiger partial charge on any atom is 0.0963 e. The Hall–Kier alpha value is -0.570. The van der Waals surface area contributed by atoms with Crippen LogP contribution in [0.1, 0.15) is 46.0 Å². The zero-order valence-electron chi connectivity index (χ0n) is 10.2. The van der Waals surface area contributed by atoms with E-state index in [0.717, 1.165) is 6.42 Å². The quantitative estimate of drug-likeness (QED) is 0.402. The monoisotopic (exact) mass is 211 g/mol. The smallest absolute Gasteiger partial charge is 0.0963 e. The van der Waals surface area contributed by atoms with Gasteiger partial charge in [0.2, 0.25) is 0 Å². The number of hydrogen-bond donors (Lipinski definition) is 2. The van der Waals surface area contributed by atoms with Gasteiger partial charge in [-0.05, 0) is 45.3 Å². The largest absolute Gasteiger partial charge is 0.387 e. The Kier molecular flexibility index (Phi) is 4.58. The van der Waals surface area contributed by atoms with Gasteiger partial charge in [-0.3, -0.25) is 5.41 Å². The van der Waals surface area contributed by atoms with Crippen LogP contribution in [0.5, 0.6) is 0 Å². The van der Waals surface area contributed by atoms with E-state index in [2.05, 4.69) is 18.7 Å². The fraction of sp³-hybridized carbons (Fsp3) is 0.917. The van der Waals surface area contributed by atoms with E-state index >= 15 is 0 Å². The minimum Gasteiger partial charge on any atom is -0.387 e. The van der Waals surface area contributed by atoms with E-state index in [1.807, 2.05) is 0 Å². The van der Waals surface area contributed by atoms with Gasteiger partial charge < -0.3 is 10.6 Å². The van der Waals surface area contributed by atoms with Crippen molar-refractivity contribution in [2.75, 3.05) is 19.6 Å². The fourth-order valence-electron chi connectivity index (χ4n) is 2.04. The van der Waals surface area contributed by atoms with Crippen LogP contribution in [-0.4, -0.2) is 30.4 Å². The van der Waals surface area contributed by atoms with Gasteiger partial charge in [-0.25, -0.2) is 0 Å². The first-order chi connectivity index (χ1) is 7.02. The van der Waals surface area contributed by atoms with Gasteiger partial charge in [0.05, 0.1) is 5.84 Å². The lowest BCUT2D eigenvalue weighted by Crippen LogP contribution is -2.31. The SMILES string of the molecule is CC(C)(CCCCN1CCCC1)C(=N)N. The summed E-state index contributed by atoms with van der Waals surface area (Å²) in [6.07, 6.45) is 6.22. The molecule has 1 fully saturated rings. The Morgan fingerprint density at radius 3 is 2.40 bits per heavy atom. The molecule has 15 heavy (non-hydrogen) atoms. The van der Waals surface area contributed by atoms with Crippen LogP contribution in [0.2, 0.25) is 0 Å². The molecule has 1 heterocycles. The predicted molar refractivity (Wildman–Crippen MR) is 65.2 cm³/mol. The molecule has 88 valence electrons. The van der Waals surface area contributed by atoms with E-state index in [4.69, 9.17) is 11.1 Å². The molecule has 3 nitrogen and oxygen atoms in total. The van der Waals surface area contributed by atoms with Crippen molar-refractivity contribution in [3.63, 3.8) is 0 Å². The number of nitrogens with zero attached hydrogens (tertiary/aromatic N) is 1. The number of unbranched alkanes of at least 4 members (excludes halogenated alkanes) is 1. The van der Waals surface area contributed by atoms with Crippen LogP contribution in [0.15, 0.2) is 0 Å². The number of nitrogens with one attached hydrogen (secondary N) is 1. The molecule has 0 aromatic heterocycles. The molecular weight excluding hydrogens is 186 g/mol. The van der Waals surface area contributed by atoms with E-state index < -0.39 is 0 Å². The molecule has 1 aliphatic rings.